The number of halogens is 2. The largest absolute Gasteiger partial charge is 0.490 e. The monoisotopic (exact) mass is 379 g/mol. The summed E-state index contributed by atoms with van der Waals surface area (Å²) in [6.45, 7) is 6.10. The molecular formula is C20H25ClFN2O2+. The molecule has 2 N–H and O–H groups in total. The van der Waals surface area contributed by atoms with Crippen LogP contribution in [0.2, 0.25) is 5.02 Å². The first-order valence-corrected chi connectivity index (χ1v) is 9.31. The molecule has 1 fully saturated rings. The van der Waals surface area contributed by atoms with Gasteiger partial charge in [-0.15, -0.1) is 0 Å². The minimum absolute atomic E-state index is 0.178. The van der Waals surface area contributed by atoms with Gasteiger partial charge in [-0.2, -0.15) is 0 Å². The van der Waals surface area contributed by atoms with Gasteiger partial charge in [0.05, 0.1) is 31.9 Å². The maximum atomic E-state index is 13.9. The molecule has 0 aliphatic carbocycles. The smallest absolute Gasteiger partial charge is 0.146 e. The Labute approximate surface area is 158 Å². The topological polar surface area (TPSA) is 37.1 Å². The fourth-order valence-corrected chi connectivity index (χ4v) is 3.56. The van der Waals surface area contributed by atoms with Crippen molar-refractivity contribution in [1.82, 2.24) is 0 Å². The van der Waals surface area contributed by atoms with Gasteiger partial charge >= 0.3 is 0 Å². The second-order valence-corrected chi connectivity index (χ2v) is 7.20. The summed E-state index contributed by atoms with van der Waals surface area (Å²) in [6, 6.07) is 12.3. The lowest BCUT2D eigenvalue weighted by Crippen LogP contribution is -3.16. The predicted octanol–water partition coefficient (Wildman–Crippen LogP) is 1.93. The Hall–Kier alpha value is -1.82. The van der Waals surface area contributed by atoms with E-state index in [9.17, 15) is 9.50 Å². The zero-order chi connectivity index (χ0) is 18.5. The highest BCUT2D eigenvalue weighted by molar-refractivity contribution is 6.30. The first-order chi connectivity index (χ1) is 12.5. The summed E-state index contributed by atoms with van der Waals surface area (Å²) in [6.07, 6.45) is -0.542. The summed E-state index contributed by atoms with van der Waals surface area (Å²) < 4.78 is 19.6. The molecule has 2 aromatic carbocycles. The van der Waals surface area contributed by atoms with Crippen molar-refractivity contribution in [3.8, 4) is 5.75 Å². The molecule has 26 heavy (non-hydrogen) atoms. The lowest BCUT2D eigenvalue weighted by Gasteiger charge is -2.34. The van der Waals surface area contributed by atoms with Crippen LogP contribution < -0.4 is 14.5 Å². The molecule has 1 aliphatic heterocycles. The third-order valence-corrected chi connectivity index (χ3v) is 4.99. The second kappa shape index (κ2) is 8.71. The molecule has 1 atom stereocenters. The van der Waals surface area contributed by atoms with Crippen LogP contribution in [0.4, 0.5) is 10.1 Å². The Morgan fingerprint density at radius 3 is 2.65 bits per heavy atom. The predicted molar refractivity (Wildman–Crippen MR) is 102 cm³/mol. The van der Waals surface area contributed by atoms with Gasteiger partial charge in [0.2, 0.25) is 0 Å². The van der Waals surface area contributed by atoms with E-state index in [1.807, 2.05) is 31.2 Å². The fourth-order valence-electron chi connectivity index (χ4n) is 3.33. The minimum atomic E-state index is -0.542. The number of aryl methyl sites for hydroxylation is 1. The molecule has 0 saturated carbocycles. The average molecular weight is 380 g/mol. The van der Waals surface area contributed by atoms with Gasteiger partial charge in [0.15, 0.2) is 0 Å². The molecule has 1 heterocycles. The Morgan fingerprint density at radius 2 is 1.96 bits per heavy atom. The highest BCUT2D eigenvalue weighted by Gasteiger charge is 2.24. The number of anilines is 1. The van der Waals surface area contributed by atoms with Crippen molar-refractivity contribution in [3.05, 3.63) is 58.9 Å². The molecule has 0 unspecified atom stereocenters. The summed E-state index contributed by atoms with van der Waals surface area (Å²) in [5.41, 5.74) is 1.61. The number of aliphatic hydroxyl groups excluding tert-OH is 1. The zero-order valence-corrected chi connectivity index (χ0v) is 15.7. The minimum Gasteiger partial charge on any atom is -0.490 e. The maximum Gasteiger partial charge on any atom is 0.146 e. The van der Waals surface area contributed by atoms with Crippen LogP contribution >= 0.6 is 11.6 Å². The number of nitrogens with one attached hydrogen (secondary N) is 1. The number of piperazine rings is 1. The zero-order valence-electron chi connectivity index (χ0n) is 14.9. The molecule has 0 amide bonds. The Kier molecular flexibility index (Phi) is 6.35. The van der Waals surface area contributed by atoms with Crippen LogP contribution in [0.1, 0.15) is 5.56 Å². The highest BCUT2D eigenvalue weighted by Crippen LogP contribution is 2.22. The van der Waals surface area contributed by atoms with Gasteiger partial charge < -0.3 is 19.6 Å². The lowest BCUT2D eigenvalue weighted by molar-refractivity contribution is -0.903. The third kappa shape index (κ3) is 4.87. The molecule has 4 nitrogen and oxygen atoms in total. The van der Waals surface area contributed by atoms with E-state index in [0.29, 0.717) is 17.3 Å². The number of nitrogens with zero attached hydrogens (tertiary/aromatic N) is 1. The Bertz CT molecular complexity index is 736. The van der Waals surface area contributed by atoms with Crippen LogP contribution in [-0.4, -0.2) is 50.5 Å². The first-order valence-electron chi connectivity index (χ1n) is 8.93. The summed E-state index contributed by atoms with van der Waals surface area (Å²) in [7, 11) is 0. The van der Waals surface area contributed by atoms with E-state index >= 15 is 0 Å². The highest BCUT2D eigenvalue weighted by atomic mass is 35.5. The van der Waals surface area contributed by atoms with E-state index in [1.165, 1.54) is 11.0 Å². The lowest BCUT2D eigenvalue weighted by atomic mass is 10.2. The number of quaternary nitrogens is 1. The van der Waals surface area contributed by atoms with Crippen LogP contribution in [-0.2, 0) is 0 Å². The molecule has 3 rings (SSSR count). The van der Waals surface area contributed by atoms with E-state index in [2.05, 4.69) is 4.90 Å². The van der Waals surface area contributed by atoms with Crippen LogP contribution in [0.5, 0.6) is 5.75 Å². The average Bonchev–Trinajstić information content (AvgIpc) is 2.62. The van der Waals surface area contributed by atoms with E-state index in [1.54, 1.807) is 12.1 Å². The van der Waals surface area contributed by atoms with Crippen LogP contribution in [0.25, 0.3) is 0 Å². The molecule has 2 aromatic rings. The first kappa shape index (κ1) is 19.0. The van der Waals surface area contributed by atoms with Crippen molar-refractivity contribution in [1.29, 1.82) is 0 Å². The number of hydrogen-bond donors (Lipinski definition) is 2. The summed E-state index contributed by atoms with van der Waals surface area (Å²) in [5.74, 6) is 0.565. The molecule has 0 aromatic heterocycles. The van der Waals surface area contributed by atoms with E-state index < -0.39 is 6.10 Å². The number of aliphatic hydroxyl groups is 1. The van der Waals surface area contributed by atoms with Gasteiger partial charge in [0.25, 0.3) is 0 Å². The van der Waals surface area contributed by atoms with Gasteiger partial charge in [-0.1, -0.05) is 23.7 Å². The van der Waals surface area contributed by atoms with Gasteiger partial charge in [-0.25, -0.2) is 4.39 Å². The maximum absolute atomic E-state index is 13.9. The number of para-hydroxylation sites is 1. The molecular weight excluding hydrogens is 355 g/mol. The van der Waals surface area contributed by atoms with Crippen LogP contribution in [0.3, 0.4) is 0 Å². The van der Waals surface area contributed by atoms with Crippen molar-refractivity contribution < 1.29 is 19.1 Å². The number of benzene rings is 2. The van der Waals surface area contributed by atoms with Gasteiger partial charge in [0.1, 0.15) is 30.8 Å². The van der Waals surface area contributed by atoms with E-state index in [0.717, 1.165) is 37.5 Å². The van der Waals surface area contributed by atoms with Crippen molar-refractivity contribution in [2.24, 2.45) is 0 Å². The quantitative estimate of drug-likeness (QED) is 0.805. The molecule has 0 spiro atoms. The van der Waals surface area contributed by atoms with Crippen molar-refractivity contribution in [2.75, 3.05) is 44.2 Å². The van der Waals surface area contributed by atoms with Gasteiger partial charge in [-0.3, -0.25) is 0 Å². The Balaban J connectivity index is 1.44. The summed E-state index contributed by atoms with van der Waals surface area (Å²) in [5, 5.41) is 11.0. The normalized spacial score (nSPS) is 16.5. The fraction of sp³-hybridized carbons (Fsp3) is 0.400. The molecule has 1 saturated heterocycles. The van der Waals surface area contributed by atoms with Gasteiger partial charge in [0, 0.05) is 5.02 Å². The molecule has 6 heteroatoms. The van der Waals surface area contributed by atoms with Crippen LogP contribution in [0.15, 0.2) is 42.5 Å². The molecule has 1 aliphatic rings. The number of rotatable bonds is 6. The van der Waals surface area contributed by atoms with E-state index in [4.69, 9.17) is 16.3 Å². The SMILES string of the molecule is Cc1cc(Cl)ccc1OC[C@H](O)C[NH+]1CCN(c2ccccc2F)CC1. The summed E-state index contributed by atoms with van der Waals surface area (Å²) >= 11 is 5.94. The van der Waals surface area contributed by atoms with E-state index in [-0.39, 0.29) is 12.4 Å². The third-order valence-electron chi connectivity index (χ3n) is 4.76. The van der Waals surface area contributed by atoms with Crippen molar-refractivity contribution in [3.63, 3.8) is 0 Å². The second-order valence-electron chi connectivity index (χ2n) is 6.77. The summed E-state index contributed by atoms with van der Waals surface area (Å²) in [4.78, 5) is 3.38. The van der Waals surface area contributed by atoms with Crippen molar-refractivity contribution in [2.45, 2.75) is 13.0 Å². The van der Waals surface area contributed by atoms with Crippen LogP contribution in [0, 0.1) is 12.7 Å². The molecule has 140 valence electrons. The standard InChI is InChI=1S/C20H24ClFN2O2/c1-15-12-16(21)6-7-20(15)26-14-17(25)13-23-8-10-24(11-9-23)19-5-3-2-4-18(19)22/h2-7,12,17,25H,8-11,13-14H2,1H3/p+1/t17-/m1/s1. The van der Waals surface area contributed by atoms with Crippen molar-refractivity contribution >= 4 is 17.3 Å². The number of ether oxygens (including phenoxy) is 1. The number of hydrogen-bond acceptors (Lipinski definition) is 3. The van der Waals surface area contributed by atoms with Gasteiger partial charge in [-0.05, 0) is 42.8 Å². The Morgan fingerprint density at radius 1 is 1.23 bits per heavy atom. The molecule has 0 bridgehead atoms. The molecule has 0 radical (unpaired) electrons.